The summed E-state index contributed by atoms with van der Waals surface area (Å²) in [6.45, 7) is 8.33. The minimum absolute atomic E-state index is 0.158. The molecule has 0 saturated carbocycles. The van der Waals surface area contributed by atoms with E-state index in [-0.39, 0.29) is 18.6 Å². The third kappa shape index (κ3) is 3.66. The molecule has 0 spiro atoms. The lowest BCUT2D eigenvalue weighted by atomic mass is 10.1. The fraction of sp³-hybridized carbons (Fsp3) is 0.353. The summed E-state index contributed by atoms with van der Waals surface area (Å²) in [6.07, 6.45) is 1.76. The Morgan fingerprint density at radius 3 is 2.38 bits per heavy atom. The lowest BCUT2D eigenvalue weighted by Gasteiger charge is -2.12. The minimum Gasteiger partial charge on any atom is -0.456 e. The first-order chi connectivity index (χ1) is 9.86. The van der Waals surface area contributed by atoms with Crippen LogP contribution in [0.4, 0.5) is 5.69 Å². The zero-order chi connectivity index (χ0) is 15.6. The predicted octanol–water partition coefficient (Wildman–Crippen LogP) is 3.63. The molecule has 0 bridgehead atoms. The van der Waals surface area contributed by atoms with Gasteiger partial charge in [0.2, 0.25) is 0 Å². The lowest BCUT2D eigenvalue weighted by Crippen LogP contribution is -2.13. The third-order valence-corrected chi connectivity index (χ3v) is 3.29. The second-order valence-corrected chi connectivity index (χ2v) is 5.73. The summed E-state index contributed by atoms with van der Waals surface area (Å²) in [5.41, 5.74) is 10.2. The first-order valence-electron chi connectivity index (χ1n) is 7.08. The molecule has 0 aliphatic rings. The van der Waals surface area contributed by atoms with E-state index in [1.165, 1.54) is 0 Å². The molecule has 0 radical (unpaired) electrons. The number of rotatable bonds is 4. The van der Waals surface area contributed by atoms with Gasteiger partial charge in [-0.3, -0.25) is 0 Å². The fourth-order valence-electron chi connectivity index (χ4n) is 2.47. The summed E-state index contributed by atoms with van der Waals surface area (Å²) >= 11 is 0. The van der Waals surface area contributed by atoms with Crippen molar-refractivity contribution in [3.63, 3.8) is 0 Å². The Hall–Kier alpha value is -2.23. The number of hydrogen-bond donors (Lipinski definition) is 1. The molecule has 112 valence electrons. The van der Waals surface area contributed by atoms with E-state index in [1.54, 1.807) is 12.3 Å². The number of aromatic nitrogens is 1. The summed E-state index contributed by atoms with van der Waals surface area (Å²) in [7, 11) is 0. The molecule has 2 aromatic rings. The zero-order valence-electron chi connectivity index (χ0n) is 13.0. The van der Waals surface area contributed by atoms with Crippen LogP contribution in [-0.2, 0) is 11.3 Å². The number of ether oxygens (including phenoxy) is 1. The number of hydrogen-bond acceptors (Lipinski definition) is 3. The maximum atomic E-state index is 12.2. The Morgan fingerprint density at radius 1 is 1.19 bits per heavy atom. The van der Waals surface area contributed by atoms with Gasteiger partial charge >= 0.3 is 5.97 Å². The van der Waals surface area contributed by atoms with Gasteiger partial charge in [-0.25, -0.2) is 4.79 Å². The predicted molar refractivity (Wildman–Crippen MR) is 84.3 cm³/mol. The quantitative estimate of drug-likeness (QED) is 0.873. The number of aryl methyl sites for hydroxylation is 2. The van der Waals surface area contributed by atoms with Gasteiger partial charge in [0.25, 0.3) is 0 Å². The highest BCUT2D eigenvalue weighted by Gasteiger charge is 2.16. The van der Waals surface area contributed by atoms with E-state index in [4.69, 9.17) is 10.5 Å². The number of benzene rings is 1. The molecule has 0 unspecified atom stereocenters. The Bertz CT molecular complexity index is 637. The monoisotopic (exact) mass is 286 g/mol. The summed E-state index contributed by atoms with van der Waals surface area (Å²) in [5.74, 6) is -0.348. The number of carbonyl (C=O) groups excluding carboxylic acids is 1. The highest BCUT2D eigenvalue weighted by Crippen LogP contribution is 2.18. The second kappa shape index (κ2) is 6.04. The van der Waals surface area contributed by atoms with Crippen LogP contribution in [0, 0.1) is 13.8 Å². The Labute approximate surface area is 125 Å². The van der Waals surface area contributed by atoms with Crippen LogP contribution in [0.15, 0.2) is 30.5 Å². The van der Waals surface area contributed by atoms with E-state index in [0.717, 1.165) is 16.7 Å². The average Bonchev–Trinajstić information content (AvgIpc) is 2.77. The van der Waals surface area contributed by atoms with Crippen LogP contribution in [0.1, 0.15) is 47.1 Å². The van der Waals surface area contributed by atoms with Crippen molar-refractivity contribution in [2.24, 2.45) is 0 Å². The highest BCUT2D eigenvalue weighted by atomic mass is 16.5. The summed E-state index contributed by atoms with van der Waals surface area (Å²) in [4.78, 5) is 12.2. The van der Waals surface area contributed by atoms with E-state index in [1.807, 2.05) is 44.4 Å². The SMILES string of the molecule is Cc1cc(C)cc(COC(=O)c2cc(N)cn2C(C)C)c1. The molecule has 0 atom stereocenters. The summed E-state index contributed by atoms with van der Waals surface area (Å²) in [6, 6.07) is 7.96. The van der Waals surface area contributed by atoms with E-state index in [2.05, 4.69) is 6.07 Å². The van der Waals surface area contributed by atoms with E-state index >= 15 is 0 Å². The Morgan fingerprint density at radius 2 is 1.81 bits per heavy atom. The summed E-state index contributed by atoms with van der Waals surface area (Å²) < 4.78 is 7.25. The van der Waals surface area contributed by atoms with Gasteiger partial charge in [0.05, 0.1) is 5.69 Å². The molecule has 1 aromatic carbocycles. The van der Waals surface area contributed by atoms with Crippen molar-refractivity contribution >= 4 is 11.7 Å². The van der Waals surface area contributed by atoms with Gasteiger partial charge in [0.15, 0.2) is 0 Å². The molecule has 0 saturated heterocycles. The molecule has 1 aromatic heterocycles. The first kappa shape index (κ1) is 15.2. The summed E-state index contributed by atoms with van der Waals surface area (Å²) in [5, 5.41) is 0. The smallest absolute Gasteiger partial charge is 0.355 e. The van der Waals surface area contributed by atoms with Crippen molar-refractivity contribution in [2.45, 2.75) is 40.3 Å². The second-order valence-electron chi connectivity index (χ2n) is 5.73. The number of nitrogens with two attached hydrogens (primary N) is 1. The first-order valence-corrected chi connectivity index (χ1v) is 7.08. The zero-order valence-corrected chi connectivity index (χ0v) is 13.0. The lowest BCUT2D eigenvalue weighted by molar-refractivity contribution is 0.0458. The number of carbonyl (C=O) groups is 1. The maximum Gasteiger partial charge on any atom is 0.355 e. The van der Waals surface area contributed by atoms with Gasteiger partial charge < -0.3 is 15.0 Å². The van der Waals surface area contributed by atoms with Crippen molar-refractivity contribution in [2.75, 3.05) is 5.73 Å². The molecule has 2 rings (SSSR count). The number of esters is 1. The van der Waals surface area contributed by atoms with Crippen LogP contribution in [0.3, 0.4) is 0 Å². The fourth-order valence-corrected chi connectivity index (χ4v) is 2.47. The molecule has 21 heavy (non-hydrogen) atoms. The molecule has 0 aliphatic heterocycles. The molecule has 1 heterocycles. The van der Waals surface area contributed by atoms with Gasteiger partial charge in [-0.15, -0.1) is 0 Å². The maximum absolute atomic E-state index is 12.2. The van der Waals surface area contributed by atoms with Gasteiger partial charge in [0.1, 0.15) is 12.3 Å². The van der Waals surface area contributed by atoms with E-state index in [9.17, 15) is 4.79 Å². The van der Waals surface area contributed by atoms with Crippen LogP contribution in [0.25, 0.3) is 0 Å². The Kier molecular flexibility index (Phi) is 4.36. The van der Waals surface area contributed by atoms with Crippen LogP contribution in [0.5, 0.6) is 0 Å². The van der Waals surface area contributed by atoms with Crippen molar-refractivity contribution in [1.29, 1.82) is 0 Å². The van der Waals surface area contributed by atoms with Crippen LogP contribution in [0.2, 0.25) is 0 Å². The van der Waals surface area contributed by atoms with Crippen molar-refractivity contribution < 1.29 is 9.53 Å². The molecule has 2 N–H and O–H groups in total. The standard InChI is InChI=1S/C17H22N2O2/c1-11(2)19-9-15(18)8-16(19)17(20)21-10-14-6-12(3)5-13(4)7-14/h5-9,11H,10,18H2,1-4H3. The van der Waals surface area contributed by atoms with Crippen molar-refractivity contribution in [3.05, 3.63) is 52.8 Å². The van der Waals surface area contributed by atoms with E-state index < -0.39 is 0 Å². The Balaban J connectivity index is 2.11. The van der Waals surface area contributed by atoms with Gasteiger partial charge in [-0.2, -0.15) is 0 Å². The van der Waals surface area contributed by atoms with Gasteiger partial charge in [0, 0.05) is 12.2 Å². The molecule has 4 nitrogen and oxygen atoms in total. The molecule has 4 heteroatoms. The number of nitrogen functional groups attached to an aromatic ring is 1. The molecular formula is C17H22N2O2. The molecule has 0 amide bonds. The number of anilines is 1. The van der Waals surface area contributed by atoms with Crippen molar-refractivity contribution in [1.82, 2.24) is 4.57 Å². The largest absolute Gasteiger partial charge is 0.456 e. The third-order valence-electron chi connectivity index (χ3n) is 3.29. The van der Waals surface area contributed by atoms with Gasteiger partial charge in [-0.05, 0) is 39.3 Å². The normalized spacial score (nSPS) is 10.9. The van der Waals surface area contributed by atoms with Gasteiger partial charge in [-0.1, -0.05) is 29.3 Å². The topological polar surface area (TPSA) is 57.2 Å². The average molecular weight is 286 g/mol. The minimum atomic E-state index is -0.348. The van der Waals surface area contributed by atoms with Crippen LogP contribution < -0.4 is 5.73 Å². The van der Waals surface area contributed by atoms with Crippen molar-refractivity contribution in [3.8, 4) is 0 Å². The molecular weight excluding hydrogens is 264 g/mol. The number of nitrogens with zero attached hydrogens (tertiary/aromatic N) is 1. The highest BCUT2D eigenvalue weighted by molar-refractivity contribution is 5.89. The van der Waals surface area contributed by atoms with E-state index in [0.29, 0.717) is 11.4 Å². The molecule has 0 aliphatic carbocycles. The van der Waals surface area contributed by atoms with Crippen LogP contribution >= 0.6 is 0 Å². The van der Waals surface area contributed by atoms with Crippen LogP contribution in [-0.4, -0.2) is 10.5 Å². The molecule has 0 fully saturated rings.